The second-order valence-corrected chi connectivity index (χ2v) is 10.8. The molecule has 1 atom stereocenters. The summed E-state index contributed by atoms with van der Waals surface area (Å²) in [5.41, 5.74) is 2.19. The van der Waals surface area contributed by atoms with Crippen LogP contribution < -0.4 is 9.46 Å². The first-order valence-corrected chi connectivity index (χ1v) is 13.6. The van der Waals surface area contributed by atoms with Crippen LogP contribution in [0.2, 0.25) is 10.0 Å². The second-order valence-electron chi connectivity index (χ2n) is 8.23. The molecule has 3 aromatic carbocycles. The molecule has 35 heavy (non-hydrogen) atoms. The smallest absolute Gasteiger partial charge is 0.229 e. The van der Waals surface area contributed by atoms with Crippen LogP contribution in [0.25, 0.3) is 0 Å². The van der Waals surface area contributed by atoms with Crippen molar-refractivity contribution in [2.75, 3.05) is 30.7 Å². The van der Waals surface area contributed by atoms with Gasteiger partial charge in [0.1, 0.15) is 24.2 Å². The Morgan fingerprint density at radius 3 is 2.40 bits per heavy atom. The fourth-order valence-corrected chi connectivity index (χ4v) is 4.36. The van der Waals surface area contributed by atoms with Crippen molar-refractivity contribution in [1.29, 1.82) is 0 Å². The number of hydrogen-bond donors (Lipinski definition) is 3. The SMILES string of the molecule is CS(=O)(=O)Nc1ccc(OC[C@@H](O)CN(CCc2ccc(Cl)c(Cl)c2)Cc2ccccc2O)cc1. The molecule has 7 nitrogen and oxygen atoms in total. The summed E-state index contributed by atoms with van der Waals surface area (Å²) in [7, 11) is -3.36. The highest BCUT2D eigenvalue weighted by molar-refractivity contribution is 7.92. The van der Waals surface area contributed by atoms with E-state index < -0.39 is 16.1 Å². The predicted molar refractivity (Wildman–Crippen MR) is 140 cm³/mol. The maximum Gasteiger partial charge on any atom is 0.229 e. The quantitative estimate of drug-likeness (QED) is 0.312. The Morgan fingerprint density at radius 2 is 1.74 bits per heavy atom. The molecule has 0 aliphatic rings. The van der Waals surface area contributed by atoms with Crippen molar-refractivity contribution in [2.45, 2.75) is 19.1 Å². The number of aliphatic hydroxyl groups is 1. The van der Waals surface area contributed by atoms with Gasteiger partial charge in [-0.3, -0.25) is 9.62 Å². The topological polar surface area (TPSA) is 99.1 Å². The van der Waals surface area contributed by atoms with Crippen molar-refractivity contribution in [3.8, 4) is 11.5 Å². The second kappa shape index (κ2) is 12.5. The lowest BCUT2D eigenvalue weighted by Crippen LogP contribution is -2.36. The first-order valence-electron chi connectivity index (χ1n) is 10.9. The minimum atomic E-state index is -3.36. The van der Waals surface area contributed by atoms with Crippen LogP contribution >= 0.6 is 23.2 Å². The van der Waals surface area contributed by atoms with Crippen LogP contribution in [0.3, 0.4) is 0 Å². The number of aromatic hydroxyl groups is 1. The number of halogens is 2. The molecular formula is C25H28Cl2N2O5S. The van der Waals surface area contributed by atoms with E-state index >= 15 is 0 Å². The Balaban J connectivity index is 1.60. The number of anilines is 1. The third-order valence-corrected chi connectivity index (χ3v) is 6.50. The maximum atomic E-state index is 11.3. The molecular weight excluding hydrogens is 511 g/mol. The summed E-state index contributed by atoms with van der Waals surface area (Å²) in [4.78, 5) is 2.03. The summed E-state index contributed by atoms with van der Waals surface area (Å²) >= 11 is 12.1. The van der Waals surface area contributed by atoms with Gasteiger partial charge in [-0.1, -0.05) is 47.5 Å². The van der Waals surface area contributed by atoms with E-state index in [2.05, 4.69) is 4.72 Å². The van der Waals surface area contributed by atoms with E-state index in [0.29, 0.717) is 47.5 Å². The third-order valence-electron chi connectivity index (χ3n) is 5.16. The summed E-state index contributed by atoms with van der Waals surface area (Å²) in [5, 5.41) is 21.8. The van der Waals surface area contributed by atoms with E-state index in [0.717, 1.165) is 17.4 Å². The number of aliphatic hydroxyl groups excluding tert-OH is 1. The Kier molecular flexibility index (Phi) is 9.65. The van der Waals surface area contributed by atoms with Crippen molar-refractivity contribution in [1.82, 2.24) is 4.90 Å². The van der Waals surface area contributed by atoms with Gasteiger partial charge < -0.3 is 14.9 Å². The fourth-order valence-electron chi connectivity index (χ4n) is 3.48. The van der Waals surface area contributed by atoms with Crippen molar-refractivity contribution in [2.24, 2.45) is 0 Å². The lowest BCUT2D eigenvalue weighted by atomic mass is 10.1. The van der Waals surface area contributed by atoms with Crippen LogP contribution in [-0.2, 0) is 23.0 Å². The molecule has 0 saturated carbocycles. The minimum Gasteiger partial charge on any atom is -0.508 e. The number of benzene rings is 3. The Hall–Kier alpha value is -2.49. The lowest BCUT2D eigenvalue weighted by molar-refractivity contribution is 0.0657. The summed E-state index contributed by atoms with van der Waals surface area (Å²) in [6.07, 6.45) is 0.951. The van der Waals surface area contributed by atoms with E-state index in [1.54, 1.807) is 42.5 Å². The highest BCUT2D eigenvalue weighted by Crippen LogP contribution is 2.24. The minimum absolute atomic E-state index is 0.0445. The van der Waals surface area contributed by atoms with Gasteiger partial charge >= 0.3 is 0 Å². The number of phenolic OH excluding ortho intramolecular Hbond substituents is 1. The van der Waals surface area contributed by atoms with E-state index in [-0.39, 0.29) is 12.4 Å². The average Bonchev–Trinajstić information content (AvgIpc) is 2.79. The predicted octanol–water partition coefficient (Wildman–Crippen LogP) is 4.56. The standard InChI is InChI=1S/C25H28Cl2N2O5S/c1-35(32,33)28-20-7-9-22(10-8-20)34-17-21(30)16-29(15-19-4-2-3-5-25(19)31)13-12-18-6-11-23(26)24(27)14-18/h2-11,14,21,28,30-31H,12-13,15-17H2,1H3/t21-/m0/s1. The Morgan fingerprint density at radius 1 is 1.03 bits per heavy atom. The molecule has 0 saturated heterocycles. The van der Waals surface area contributed by atoms with E-state index in [1.807, 2.05) is 29.2 Å². The Labute approximate surface area is 215 Å². The maximum absolute atomic E-state index is 11.3. The Bertz CT molecular complexity index is 1220. The fraction of sp³-hybridized carbons (Fsp3) is 0.280. The monoisotopic (exact) mass is 538 g/mol. The molecule has 10 heteroatoms. The van der Waals surface area contributed by atoms with Gasteiger partial charge in [0, 0.05) is 30.9 Å². The van der Waals surface area contributed by atoms with Gasteiger partial charge in [-0.15, -0.1) is 0 Å². The normalized spacial score (nSPS) is 12.5. The summed E-state index contributed by atoms with van der Waals surface area (Å²) in [6, 6.07) is 19.0. The number of nitrogens with zero attached hydrogens (tertiary/aromatic N) is 1. The highest BCUT2D eigenvalue weighted by atomic mass is 35.5. The number of para-hydroxylation sites is 1. The molecule has 0 amide bonds. The molecule has 0 bridgehead atoms. The number of hydrogen-bond acceptors (Lipinski definition) is 6. The molecule has 0 aliphatic carbocycles. The molecule has 0 radical (unpaired) electrons. The molecule has 3 aromatic rings. The van der Waals surface area contributed by atoms with Gasteiger partial charge in [0.25, 0.3) is 0 Å². The van der Waals surface area contributed by atoms with Crippen molar-refractivity contribution in [3.05, 3.63) is 87.9 Å². The van der Waals surface area contributed by atoms with Crippen molar-refractivity contribution in [3.63, 3.8) is 0 Å². The van der Waals surface area contributed by atoms with E-state index in [4.69, 9.17) is 27.9 Å². The van der Waals surface area contributed by atoms with Crippen LogP contribution in [-0.4, -0.2) is 55.6 Å². The molecule has 3 N–H and O–H groups in total. The third kappa shape index (κ3) is 9.23. The number of phenols is 1. The first-order chi connectivity index (χ1) is 16.6. The molecule has 0 aromatic heterocycles. The summed E-state index contributed by atoms with van der Waals surface area (Å²) in [6.45, 7) is 1.40. The van der Waals surface area contributed by atoms with E-state index in [1.165, 1.54) is 0 Å². The van der Waals surface area contributed by atoms with Gasteiger partial charge in [-0.05, 0) is 54.4 Å². The number of nitrogens with one attached hydrogen (secondary N) is 1. The largest absolute Gasteiger partial charge is 0.508 e. The average molecular weight is 539 g/mol. The number of ether oxygens (including phenoxy) is 1. The zero-order valence-electron chi connectivity index (χ0n) is 19.2. The van der Waals surface area contributed by atoms with Crippen LogP contribution in [0, 0.1) is 0 Å². The van der Waals surface area contributed by atoms with Gasteiger partial charge in [0.15, 0.2) is 0 Å². The molecule has 0 spiro atoms. The van der Waals surface area contributed by atoms with Crippen LogP contribution in [0.15, 0.2) is 66.7 Å². The first kappa shape index (κ1) is 27.1. The molecule has 0 aliphatic heterocycles. The van der Waals surface area contributed by atoms with Crippen LogP contribution in [0.4, 0.5) is 5.69 Å². The van der Waals surface area contributed by atoms with E-state index in [9.17, 15) is 18.6 Å². The molecule has 0 fully saturated rings. The van der Waals surface area contributed by atoms with Gasteiger partial charge in [0.2, 0.25) is 10.0 Å². The lowest BCUT2D eigenvalue weighted by Gasteiger charge is -2.26. The molecule has 0 unspecified atom stereocenters. The molecule has 3 rings (SSSR count). The summed E-state index contributed by atoms with van der Waals surface area (Å²) in [5.74, 6) is 0.701. The van der Waals surface area contributed by atoms with Gasteiger partial charge in [-0.25, -0.2) is 8.42 Å². The zero-order chi connectivity index (χ0) is 25.4. The van der Waals surface area contributed by atoms with Gasteiger partial charge in [0.05, 0.1) is 16.3 Å². The highest BCUT2D eigenvalue weighted by Gasteiger charge is 2.15. The molecule has 0 heterocycles. The van der Waals surface area contributed by atoms with Crippen LogP contribution in [0.5, 0.6) is 11.5 Å². The van der Waals surface area contributed by atoms with Crippen LogP contribution in [0.1, 0.15) is 11.1 Å². The number of rotatable bonds is 12. The van der Waals surface area contributed by atoms with Gasteiger partial charge in [-0.2, -0.15) is 0 Å². The number of sulfonamides is 1. The van der Waals surface area contributed by atoms with Crippen molar-refractivity contribution >= 4 is 38.9 Å². The zero-order valence-corrected chi connectivity index (χ0v) is 21.5. The van der Waals surface area contributed by atoms with Crippen molar-refractivity contribution < 1.29 is 23.4 Å². The summed E-state index contributed by atoms with van der Waals surface area (Å²) < 4.78 is 30.7. The molecule has 188 valence electrons.